The van der Waals surface area contributed by atoms with Gasteiger partial charge in [-0.25, -0.2) is 4.39 Å². The van der Waals surface area contributed by atoms with Crippen molar-refractivity contribution in [2.45, 2.75) is 18.9 Å². The zero-order chi connectivity index (χ0) is 15.1. The molecule has 0 bridgehead atoms. The van der Waals surface area contributed by atoms with Crippen LogP contribution < -0.4 is 0 Å². The lowest BCUT2D eigenvalue weighted by Crippen LogP contribution is -2.24. The highest BCUT2D eigenvalue weighted by Crippen LogP contribution is 2.19. The molecule has 0 amide bonds. The molecular weight excluding hydrogens is 267 g/mol. The molecule has 0 fully saturated rings. The molecule has 2 rings (SSSR count). The van der Waals surface area contributed by atoms with Gasteiger partial charge in [0.2, 0.25) is 0 Å². The predicted molar refractivity (Wildman–Crippen MR) is 81.4 cm³/mol. The van der Waals surface area contributed by atoms with Gasteiger partial charge in [-0.1, -0.05) is 18.2 Å². The SMILES string of the molecule is CN(CCc1ccncc1)CCC(O)c1ccccc1F. The van der Waals surface area contributed by atoms with Crippen LogP contribution in [0.4, 0.5) is 4.39 Å². The van der Waals surface area contributed by atoms with Crippen LogP contribution in [0.25, 0.3) is 0 Å². The molecule has 1 aromatic heterocycles. The summed E-state index contributed by atoms with van der Waals surface area (Å²) in [4.78, 5) is 6.14. The van der Waals surface area contributed by atoms with Crippen molar-refractivity contribution in [3.05, 3.63) is 65.7 Å². The molecule has 1 aromatic carbocycles. The van der Waals surface area contributed by atoms with E-state index in [2.05, 4.69) is 9.88 Å². The third-order valence-electron chi connectivity index (χ3n) is 3.58. The fraction of sp³-hybridized carbons (Fsp3) is 0.353. The molecule has 1 atom stereocenters. The van der Waals surface area contributed by atoms with Crippen LogP contribution in [0.15, 0.2) is 48.8 Å². The lowest BCUT2D eigenvalue weighted by atomic mass is 10.1. The maximum atomic E-state index is 13.6. The van der Waals surface area contributed by atoms with Crippen LogP contribution >= 0.6 is 0 Å². The van der Waals surface area contributed by atoms with E-state index < -0.39 is 6.10 Å². The van der Waals surface area contributed by atoms with E-state index in [4.69, 9.17) is 0 Å². The molecule has 112 valence electrons. The van der Waals surface area contributed by atoms with Crippen molar-refractivity contribution in [3.63, 3.8) is 0 Å². The summed E-state index contributed by atoms with van der Waals surface area (Å²) in [6, 6.07) is 10.4. The Morgan fingerprint density at radius 2 is 1.86 bits per heavy atom. The van der Waals surface area contributed by atoms with E-state index >= 15 is 0 Å². The average molecular weight is 288 g/mol. The molecule has 0 aliphatic rings. The van der Waals surface area contributed by atoms with Crippen LogP contribution in [-0.2, 0) is 6.42 Å². The third kappa shape index (κ3) is 4.92. The number of aromatic nitrogens is 1. The fourth-order valence-electron chi connectivity index (χ4n) is 2.22. The molecule has 1 N–H and O–H groups in total. The maximum Gasteiger partial charge on any atom is 0.128 e. The Labute approximate surface area is 125 Å². The summed E-state index contributed by atoms with van der Waals surface area (Å²) in [7, 11) is 2.01. The normalized spacial score (nSPS) is 12.6. The van der Waals surface area contributed by atoms with Crippen molar-refractivity contribution in [1.29, 1.82) is 0 Å². The van der Waals surface area contributed by atoms with Crippen molar-refractivity contribution in [2.75, 3.05) is 20.1 Å². The minimum absolute atomic E-state index is 0.343. The first-order valence-electron chi connectivity index (χ1n) is 7.17. The first-order chi connectivity index (χ1) is 10.2. The Hall–Kier alpha value is -1.78. The van der Waals surface area contributed by atoms with Gasteiger partial charge >= 0.3 is 0 Å². The maximum absolute atomic E-state index is 13.6. The van der Waals surface area contributed by atoms with E-state index in [1.807, 2.05) is 19.2 Å². The van der Waals surface area contributed by atoms with Gasteiger partial charge < -0.3 is 10.0 Å². The first kappa shape index (κ1) is 15.6. The van der Waals surface area contributed by atoms with Gasteiger partial charge in [0.1, 0.15) is 5.82 Å². The summed E-state index contributed by atoms with van der Waals surface area (Å²) in [6.45, 7) is 1.62. The van der Waals surface area contributed by atoms with Crippen LogP contribution in [0.5, 0.6) is 0 Å². The largest absolute Gasteiger partial charge is 0.388 e. The lowest BCUT2D eigenvalue weighted by molar-refractivity contribution is 0.145. The summed E-state index contributed by atoms with van der Waals surface area (Å²) < 4.78 is 13.6. The number of hydrogen-bond acceptors (Lipinski definition) is 3. The number of rotatable bonds is 7. The number of benzene rings is 1. The highest BCUT2D eigenvalue weighted by Gasteiger charge is 2.12. The molecule has 21 heavy (non-hydrogen) atoms. The van der Waals surface area contributed by atoms with Crippen LogP contribution in [0.3, 0.4) is 0 Å². The molecule has 0 radical (unpaired) electrons. The van der Waals surface area contributed by atoms with Crippen LogP contribution in [0.2, 0.25) is 0 Å². The van der Waals surface area contributed by atoms with Gasteiger partial charge in [0, 0.05) is 31.0 Å². The van der Waals surface area contributed by atoms with E-state index in [1.165, 1.54) is 11.6 Å². The number of hydrogen-bond donors (Lipinski definition) is 1. The smallest absolute Gasteiger partial charge is 0.128 e. The van der Waals surface area contributed by atoms with E-state index in [-0.39, 0.29) is 5.82 Å². The number of nitrogens with zero attached hydrogens (tertiary/aromatic N) is 2. The van der Waals surface area contributed by atoms with Crippen molar-refractivity contribution >= 4 is 0 Å². The summed E-state index contributed by atoms with van der Waals surface area (Å²) in [5.41, 5.74) is 1.62. The number of likely N-dealkylation sites (N-methyl/N-ethyl adjacent to an activating group) is 1. The summed E-state index contributed by atoms with van der Waals surface area (Å²) >= 11 is 0. The Balaban J connectivity index is 1.76. The number of halogens is 1. The molecule has 1 unspecified atom stereocenters. The second-order valence-corrected chi connectivity index (χ2v) is 5.23. The minimum atomic E-state index is -0.755. The standard InChI is InChI=1S/C17H21FN2O/c1-20(12-8-14-6-10-19-11-7-14)13-9-17(21)15-4-2-3-5-16(15)18/h2-7,10-11,17,21H,8-9,12-13H2,1H3. The third-order valence-corrected chi connectivity index (χ3v) is 3.58. The molecule has 1 heterocycles. The molecule has 0 aliphatic carbocycles. The van der Waals surface area contributed by atoms with Gasteiger partial charge in [-0.05, 0) is 43.7 Å². The first-order valence-corrected chi connectivity index (χ1v) is 7.17. The van der Waals surface area contributed by atoms with Gasteiger partial charge in [-0.3, -0.25) is 4.98 Å². The average Bonchev–Trinajstić information content (AvgIpc) is 2.52. The Bertz CT molecular complexity index is 547. The Kier molecular flexibility index (Phi) is 5.84. The van der Waals surface area contributed by atoms with Crippen LogP contribution in [-0.4, -0.2) is 35.1 Å². The van der Waals surface area contributed by atoms with Gasteiger partial charge in [0.05, 0.1) is 6.10 Å². The molecule has 4 heteroatoms. The molecular formula is C17H21FN2O. The zero-order valence-electron chi connectivity index (χ0n) is 12.2. The molecule has 0 aliphatic heterocycles. The van der Waals surface area contributed by atoms with Crippen molar-refractivity contribution < 1.29 is 9.50 Å². The van der Waals surface area contributed by atoms with Gasteiger partial charge in [0.15, 0.2) is 0 Å². The van der Waals surface area contributed by atoms with Gasteiger partial charge in [-0.2, -0.15) is 0 Å². The number of aliphatic hydroxyl groups is 1. The van der Waals surface area contributed by atoms with E-state index in [1.54, 1.807) is 30.6 Å². The molecule has 2 aromatic rings. The van der Waals surface area contributed by atoms with Gasteiger partial charge in [0.25, 0.3) is 0 Å². The predicted octanol–water partition coefficient (Wildman–Crippen LogP) is 2.82. The van der Waals surface area contributed by atoms with Crippen molar-refractivity contribution in [3.8, 4) is 0 Å². The monoisotopic (exact) mass is 288 g/mol. The summed E-state index contributed by atoms with van der Waals surface area (Å²) in [6.07, 6.45) is 4.28. The fourth-order valence-corrected chi connectivity index (χ4v) is 2.22. The minimum Gasteiger partial charge on any atom is -0.388 e. The number of pyridine rings is 1. The second-order valence-electron chi connectivity index (χ2n) is 5.23. The second kappa shape index (κ2) is 7.86. The topological polar surface area (TPSA) is 36.4 Å². The van der Waals surface area contributed by atoms with E-state index in [9.17, 15) is 9.50 Å². The Morgan fingerprint density at radius 3 is 2.57 bits per heavy atom. The van der Waals surface area contributed by atoms with Crippen molar-refractivity contribution in [2.24, 2.45) is 0 Å². The molecule has 0 saturated carbocycles. The van der Waals surface area contributed by atoms with Gasteiger partial charge in [-0.15, -0.1) is 0 Å². The lowest BCUT2D eigenvalue weighted by Gasteiger charge is -2.19. The molecule has 0 saturated heterocycles. The van der Waals surface area contributed by atoms with Crippen LogP contribution in [0, 0.1) is 5.82 Å². The highest BCUT2D eigenvalue weighted by molar-refractivity contribution is 5.19. The zero-order valence-corrected chi connectivity index (χ0v) is 12.2. The highest BCUT2D eigenvalue weighted by atomic mass is 19.1. The molecule has 3 nitrogen and oxygen atoms in total. The van der Waals surface area contributed by atoms with E-state index in [0.29, 0.717) is 12.0 Å². The molecule has 0 spiro atoms. The summed E-state index contributed by atoms with van der Waals surface area (Å²) in [5, 5.41) is 10.1. The van der Waals surface area contributed by atoms with E-state index in [0.717, 1.165) is 19.5 Å². The van der Waals surface area contributed by atoms with Crippen molar-refractivity contribution in [1.82, 2.24) is 9.88 Å². The number of aliphatic hydroxyl groups excluding tert-OH is 1. The summed E-state index contributed by atoms with van der Waals surface area (Å²) in [5.74, 6) is -0.343. The Morgan fingerprint density at radius 1 is 1.14 bits per heavy atom. The van der Waals surface area contributed by atoms with Crippen LogP contribution in [0.1, 0.15) is 23.7 Å². The quantitative estimate of drug-likeness (QED) is 0.851.